The fraction of sp³-hybridized carbons (Fsp3) is 0.467. The number of ether oxygens (including phenoxy) is 1. The summed E-state index contributed by atoms with van der Waals surface area (Å²) in [4.78, 5) is 30.5. The molecule has 2 unspecified atom stereocenters. The van der Waals surface area contributed by atoms with Gasteiger partial charge in [0.2, 0.25) is 0 Å². The smallest absolute Gasteiger partial charge is 0.289 e. The highest BCUT2D eigenvalue weighted by Crippen LogP contribution is 2.34. The Hall–Kier alpha value is -2.83. The minimum absolute atomic E-state index is 0.00982. The molecule has 2 aliphatic heterocycles. The van der Waals surface area contributed by atoms with Gasteiger partial charge in [0.15, 0.2) is 5.76 Å². The van der Waals surface area contributed by atoms with Gasteiger partial charge in [0.25, 0.3) is 11.8 Å². The van der Waals surface area contributed by atoms with Crippen LogP contribution in [0.3, 0.4) is 0 Å². The first-order valence-electron chi connectivity index (χ1n) is 13.6. The van der Waals surface area contributed by atoms with Crippen LogP contribution in [0.4, 0.5) is 0 Å². The maximum absolute atomic E-state index is 13.5. The van der Waals surface area contributed by atoms with Crippen LogP contribution in [0, 0.1) is 0 Å². The standard InChI is InChI=1S/C30H36ClN3O3/c31-25-14-10-23(11-15-25)21-34-26-6-1-2-7-27(26)37-28(30(34)36)20-22-8-12-24(13-9-22)29(35)32-16-5-19-33-17-3-4-18-33/h8-15,20,26-27H,1-7,16-19,21H2,(H,32,35)/b28-20-. The van der Waals surface area contributed by atoms with E-state index in [4.69, 9.17) is 16.3 Å². The molecule has 6 nitrogen and oxygen atoms in total. The summed E-state index contributed by atoms with van der Waals surface area (Å²) in [6.45, 7) is 4.61. The lowest BCUT2D eigenvalue weighted by Gasteiger charge is -2.44. The second kappa shape index (κ2) is 12.1. The zero-order valence-electron chi connectivity index (χ0n) is 21.3. The Bertz CT molecular complexity index is 1110. The van der Waals surface area contributed by atoms with Crippen LogP contribution >= 0.6 is 11.6 Å². The summed E-state index contributed by atoms with van der Waals surface area (Å²) in [5.41, 5.74) is 2.52. The number of nitrogens with zero attached hydrogens (tertiary/aromatic N) is 2. The van der Waals surface area contributed by atoms with E-state index in [2.05, 4.69) is 10.2 Å². The van der Waals surface area contributed by atoms with Crippen LogP contribution in [0.15, 0.2) is 54.3 Å². The van der Waals surface area contributed by atoms with Gasteiger partial charge in [0, 0.05) is 23.7 Å². The van der Waals surface area contributed by atoms with Crippen molar-refractivity contribution < 1.29 is 14.3 Å². The lowest BCUT2D eigenvalue weighted by Crippen LogP contribution is -2.54. The lowest BCUT2D eigenvalue weighted by atomic mass is 9.89. The summed E-state index contributed by atoms with van der Waals surface area (Å²) in [6.07, 6.45) is 9.47. The maximum Gasteiger partial charge on any atom is 0.289 e. The van der Waals surface area contributed by atoms with E-state index in [1.54, 1.807) is 6.08 Å². The van der Waals surface area contributed by atoms with Crippen molar-refractivity contribution in [2.24, 2.45) is 0 Å². The molecule has 0 spiro atoms. The van der Waals surface area contributed by atoms with Crippen LogP contribution < -0.4 is 5.32 Å². The molecule has 0 aromatic heterocycles. The van der Waals surface area contributed by atoms with Crippen molar-refractivity contribution in [2.75, 3.05) is 26.2 Å². The van der Waals surface area contributed by atoms with Gasteiger partial charge in [0.1, 0.15) is 6.10 Å². The fourth-order valence-electron chi connectivity index (χ4n) is 5.64. The number of morpholine rings is 1. The predicted molar refractivity (Wildman–Crippen MR) is 146 cm³/mol. The number of hydrogen-bond donors (Lipinski definition) is 1. The van der Waals surface area contributed by atoms with Crippen LogP contribution in [0.5, 0.6) is 0 Å². The molecule has 7 heteroatoms. The molecule has 0 bridgehead atoms. The molecule has 2 saturated heterocycles. The first-order chi connectivity index (χ1) is 18.1. The number of rotatable bonds is 8. The molecule has 3 fully saturated rings. The summed E-state index contributed by atoms with van der Waals surface area (Å²) in [7, 11) is 0. The van der Waals surface area contributed by atoms with E-state index in [0.717, 1.165) is 49.8 Å². The molecule has 3 aliphatic rings. The van der Waals surface area contributed by atoms with Crippen molar-refractivity contribution in [2.45, 2.75) is 63.6 Å². The van der Waals surface area contributed by atoms with Crippen molar-refractivity contribution in [3.63, 3.8) is 0 Å². The molecule has 196 valence electrons. The molecule has 5 rings (SSSR count). The number of carbonyl (C=O) groups excluding carboxylic acids is 2. The van der Waals surface area contributed by atoms with Crippen molar-refractivity contribution in [1.82, 2.24) is 15.1 Å². The monoisotopic (exact) mass is 521 g/mol. The van der Waals surface area contributed by atoms with E-state index in [-0.39, 0.29) is 24.0 Å². The molecule has 1 aliphatic carbocycles. The third kappa shape index (κ3) is 6.55. The summed E-state index contributed by atoms with van der Waals surface area (Å²) in [6, 6.07) is 15.1. The van der Waals surface area contributed by atoms with E-state index < -0.39 is 0 Å². The highest BCUT2D eigenvalue weighted by Gasteiger charge is 2.41. The summed E-state index contributed by atoms with van der Waals surface area (Å²) >= 11 is 6.06. The number of fused-ring (bicyclic) bond motifs is 1. The quantitative estimate of drug-likeness (QED) is 0.380. The van der Waals surface area contributed by atoms with Gasteiger partial charge in [-0.3, -0.25) is 9.59 Å². The maximum atomic E-state index is 13.5. The van der Waals surface area contributed by atoms with Gasteiger partial charge >= 0.3 is 0 Å². The van der Waals surface area contributed by atoms with Gasteiger partial charge in [-0.05, 0) is 99.6 Å². The summed E-state index contributed by atoms with van der Waals surface area (Å²) in [5.74, 6) is 0.221. The number of amides is 2. The molecular formula is C30H36ClN3O3. The van der Waals surface area contributed by atoms with Crippen LogP contribution in [0.25, 0.3) is 6.08 Å². The Labute approximate surface area is 224 Å². The number of halogens is 1. The van der Waals surface area contributed by atoms with Crippen molar-refractivity contribution in [3.8, 4) is 0 Å². The first kappa shape index (κ1) is 25.8. The molecule has 2 aromatic carbocycles. The second-order valence-corrected chi connectivity index (χ2v) is 10.8. The molecule has 0 radical (unpaired) electrons. The minimum atomic E-state index is -0.0853. The Morgan fingerprint density at radius 2 is 1.73 bits per heavy atom. The van der Waals surface area contributed by atoms with Gasteiger partial charge in [-0.25, -0.2) is 0 Å². The van der Waals surface area contributed by atoms with E-state index >= 15 is 0 Å². The highest BCUT2D eigenvalue weighted by molar-refractivity contribution is 6.30. The molecule has 2 amide bonds. The van der Waals surface area contributed by atoms with Crippen molar-refractivity contribution in [3.05, 3.63) is 76.0 Å². The van der Waals surface area contributed by atoms with Gasteiger partial charge in [-0.15, -0.1) is 0 Å². The molecule has 37 heavy (non-hydrogen) atoms. The average Bonchev–Trinajstić information content (AvgIpc) is 3.44. The van der Waals surface area contributed by atoms with Crippen molar-refractivity contribution >= 4 is 29.5 Å². The third-order valence-electron chi connectivity index (χ3n) is 7.69. The zero-order chi connectivity index (χ0) is 25.6. The number of carbonyl (C=O) groups is 2. The predicted octanol–water partition coefficient (Wildman–Crippen LogP) is 5.27. The molecule has 1 saturated carbocycles. The van der Waals surface area contributed by atoms with Crippen molar-refractivity contribution in [1.29, 1.82) is 0 Å². The minimum Gasteiger partial charge on any atom is -0.482 e. The normalized spacial score (nSPS) is 23.1. The van der Waals surface area contributed by atoms with Crippen LogP contribution in [-0.2, 0) is 16.1 Å². The molecule has 2 aromatic rings. The molecule has 2 heterocycles. The Morgan fingerprint density at radius 3 is 2.49 bits per heavy atom. The van der Waals surface area contributed by atoms with Gasteiger partial charge < -0.3 is 19.9 Å². The molecule has 2 atom stereocenters. The Kier molecular flexibility index (Phi) is 8.47. The Morgan fingerprint density at radius 1 is 1.00 bits per heavy atom. The Balaban J connectivity index is 1.23. The van der Waals surface area contributed by atoms with Gasteiger partial charge in [0.05, 0.1) is 6.04 Å². The van der Waals surface area contributed by atoms with Gasteiger partial charge in [-0.1, -0.05) is 42.3 Å². The van der Waals surface area contributed by atoms with Crippen LogP contribution in [0.2, 0.25) is 5.02 Å². The first-order valence-corrected chi connectivity index (χ1v) is 14.0. The van der Waals surface area contributed by atoms with E-state index in [1.807, 2.05) is 53.4 Å². The fourth-order valence-corrected chi connectivity index (χ4v) is 5.77. The number of benzene rings is 2. The summed E-state index contributed by atoms with van der Waals surface area (Å²) in [5, 5.41) is 3.71. The topological polar surface area (TPSA) is 61.9 Å². The number of likely N-dealkylation sites (tertiary alicyclic amines) is 1. The van der Waals surface area contributed by atoms with Gasteiger partial charge in [-0.2, -0.15) is 0 Å². The zero-order valence-corrected chi connectivity index (χ0v) is 22.1. The summed E-state index contributed by atoms with van der Waals surface area (Å²) < 4.78 is 6.24. The van der Waals surface area contributed by atoms with Crippen LogP contribution in [0.1, 0.15) is 66.4 Å². The molecular weight excluding hydrogens is 486 g/mol. The molecule has 1 N–H and O–H groups in total. The number of nitrogens with one attached hydrogen (secondary N) is 1. The number of hydrogen-bond acceptors (Lipinski definition) is 4. The van der Waals surface area contributed by atoms with E-state index in [1.165, 1.54) is 25.9 Å². The van der Waals surface area contributed by atoms with E-state index in [9.17, 15) is 9.59 Å². The SMILES string of the molecule is O=C(NCCCN1CCCC1)c1ccc(/C=C2\OC3CCCCC3N(Cc3ccc(Cl)cc3)C2=O)cc1. The van der Waals surface area contributed by atoms with Crippen LogP contribution in [-0.4, -0.2) is 59.9 Å². The van der Waals surface area contributed by atoms with E-state index in [0.29, 0.717) is 29.4 Å². The third-order valence-corrected chi connectivity index (χ3v) is 7.94. The largest absolute Gasteiger partial charge is 0.482 e. The highest BCUT2D eigenvalue weighted by atomic mass is 35.5. The second-order valence-electron chi connectivity index (χ2n) is 10.4. The average molecular weight is 522 g/mol. The lowest BCUT2D eigenvalue weighted by molar-refractivity contribution is -0.149.